The van der Waals surface area contributed by atoms with E-state index >= 15 is 0 Å². The largest absolute Gasteiger partial charge is 0.493 e. The van der Waals surface area contributed by atoms with Crippen molar-refractivity contribution in [2.24, 2.45) is 5.92 Å². The van der Waals surface area contributed by atoms with Crippen molar-refractivity contribution >= 4 is 0 Å². The fourth-order valence-electron chi connectivity index (χ4n) is 2.68. The van der Waals surface area contributed by atoms with Gasteiger partial charge >= 0.3 is 0 Å². The van der Waals surface area contributed by atoms with Crippen molar-refractivity contribution in [1.82, 2.24) is 5.32 Å². The summed E-state index contributed by atoms with van der Waals surface area (Å²) < 4.78 is 10.8. The molecule has 1 unspecified atom stereocenters. The monoisotopic (exact) mass is 293 g/mol. The lowest BCUT2D eigenvalue weighted by Crippen LogP contribution is -2.24. The molecule has 0 aliphatic heterocycles. The molecule has 1 rings (SSSR count). The summed E-state index contributed by atoms with van der Waals surface area (Å²) in [4.78, 5) is 0. The number of methoxy groups -OCH3 is 2. The molecule has 0 amide bonds. The Balaban J connectivity index is 2.95. The Morgan fingerprint density at radius 2 is 1.67 bits per heavy atom. The van der Waals surface area contributed by atoms with Crippen molar-refractivity contribution in [2.75, 3.05) is 20.8 Å². The van der Waals surface area contributed by atoms with Gasteiger partial charge in [0.1, 0.15) is 0 Å². The molecule has 0 aliphatic carbocycles. The molecular formula is C18H31NO2. The first-order valence-corrected chi connectivity index (χ1v) is 8.15. The molecule has 0 spiro atoms. The fourth-order valence-corrected chi connectivity index (χ4v) is 2.68. The SMILES string of the molecule is CCCNC(CC(CC)CC)c1ccc(OC)c(OC)c1. The third kappa shape index (κ3) is 5.24. The highest BCUT2D eigenvalue weighted by Crippen LogP contribution is 2.32. The lowest BCUT2D eigenvalue weighted by molar-refractivity contribution is 0.349. The Morgan fingerprint density at radius 3 is 2.19 bits per heavy atom. The molecule has 3 nitrogen and oxygen atoms in total. The second kappa shape index (κ2) is 9.67. The van der Waals surface area contributed by atoms with Gasteiger partial charge in [-0.05, 0) is 43.0 Å². The summed E-state index contributed by atoms with van der Waals surface area (Å²) >= 11 is 0. The van der Waals surface area contributed by atoms with E-state index in [1.807, 2.05) is 6.07 Å². The maximum Gasteiger partial charge on any atom is 0.161 e. The van der Waals surface area contributed by atoms with Crippen LogP contribution in [-0.4, -0.2) is 20.8 Å². The van der Waals surface area contributed by atoms with Crippen molar-refractivity contribution in [3.05, 3.63) is 23.8 Å². The van der Waals surface area contributed by atoms with Crippen molar-refractivity contribution in [2.45, 2.75) is 52.5 Å². The van der Waals surface area contributed by atoms with Gasteiger partial charge in [0.15, 0.2) is 11.5 Å². The molecule has 21 heavy (non-hydrogen) atoms. The van der Waals surface area contributed by atoms with Gasteiger partial charge in [-0.2, -0.15) is 0 Å². The van der Waals surface area contributed by atoms with Crippen molar-refractivity contribution < 1.29 is 9.47 Å². The maximum absolute atomic E-state index is 5.44. The number of hydrogen-bond donors (Lipinski definition) is 1. The number of hydrogen-bond acceptors (Lipinski definition) is 3. The van der Waals surface area contributed by atoms with Crippen LogP contribution in [-0.2, 0) is 0 Å². The fraction of sp³-hybridized carbons (Fsp3) is 0.667. The summed E-state index contributed by atoms with van der Waals surface area (Å²) in [6.45, 7) is 7.80. The normalized spacial score (nSPS) is 12.5. The summed E-state index contributed by atoms with van der Waals surface area (Å²) in [5.74, 6) is 2.35. The van der Waals surface area contributed by atoms with Crippen LogP contribution in [0.5, 0.6) is 11.5 Å². The van der Waals surface area contributed by atoms with Crippen LogP contribution < -0.4 is 14.8 Å². The molecule has 0 heterocycles. The van der Waals surface area contributed by atoms with Gasteiger partial charge in [0.05, 0.1) is 14.2 Å². The van der Waals surface area contributed by atoms with Gasteiger partial charge in [-0.25, -0.2) is 0 Å². The van der Waals surface area contributed by atoms with E-state index in [-0.39, 0.29) is 0 Å². The Hall–Kier alpha value is -1.22. The van der Waals surface area contributed by atoms with E-state index in [2.05, 4.69) is 38.2 Å². The van der Waals surface area contributed by atoms with Gasteiger partial charge in [-0.3, -0.25) is 0 Å². The van der Waals surface area contributed by atoms with Crippen LogP contribution in [0, 0.1) is 5.92 Å². The van der Waals surface area contributed by atoms with Crippen LogP contribution in [0.25, 0.3) is 0 Å². The highest BCUT2D eigenvalue weighted by atomic mass is 16.5. The first-order valence-electron chi connectivity index (χ1n) is 8.15. The standard InChI is InChI=1S/C18H31NO2/c1-6-11-19-16(12-14(7-2)8-3)15-9-10-17(20-4)18(13-15)21-5/h9-10,13-14,16,19H,6-8,11-12H2,1-5H3. The van der Waals surface area contributed by atoms with E-state index in [9.17, 15) is 0 Å². The summed E-state index contributed by atoms with van der Waals surface area (Å²) in [6.07, 6.45) is 4.78. The van der Waals surface area contributed by atoms with Gasteiger partial charge in [-0.1, -0.05) is 39.7 Å². The van der Waals surface area contributed by atoms with Crippen molar-refractivity contribution in [3.63, 3.8) is 0 Å². The summed E-state index contributed by atoms with van der Waals surface area (Å²) in [7, 11) is 3.37. The van der Waals surface area contributed by atoms with E-state index in [1.165, 1.54) is 24.8 Å². The molecule has 0 saturated carbocycles. The van der Waals surface area contributed by atoms with Gasteiger partial charge in [0.2, 0.25) is 0 Å². The zero-order chi connectivity index (χ0) is 15.7. The average Bonchev–Trinajstić information content (AvgIpc) is 2.54. The van der Waals surface area contributed by atoms with E-state index in [1.54, 1.807) is 14.2 Å². The summed E-state index contributed by atoms with van der Waals surface area (Å²) in [5, 5.41) is 3.68. The quantitative estimate of drug-likeness (QED) is 0.685. The Morgan fingerprint density at radius 1 is 1.00 bits per heavy atom. The second-order valence-corrected chi connectivity index (χ2v) is 5.54. The summed E-state index contributed by atoms with van der Waals surface area (Å²) in [6, 6.07) is 6.64. The lowest BCUT2D eigenvalue weighted by Gasteiger charge is -2.24. The van der Waals surface area contributed by atoms with Crippen LogP contribution >= 0.6 is 0 Å². The van der Waals surface area contributed by atoms with Gasteiger partial charge < -0.3 is 14.8 Å². The molecule has 0 saturated heterocycles. The van der Waals surface area contributed by atoms with Crippen LogP contribution in [0.3, 0.4) is 0 Å². The predicted octanol–water partition coefficient (Wildman–Crippen LogP) is 4.57. The molecule has 0 fully saturated rings. The maximum atomic E-state index is 5.44. The Labute approximate surface area is 130 Å². The van der Waals surface area contributed by atoms with E-state index in [4.69, 9.17) is 9.47 Å². The molecule has 3 heteroatoms. The zero-order valence-corrected chi connectivity index (χ0v) is 14.2. The molecule has 0 radical (unpaired) electrons. The minimum absolute atomic E-state index is 0.384. The lowest BCUT2D eigenvalue weighted by atomic mass is 9.91. The Kier molecular flexibility index (Phi) is 8.21. The van der Waals surface area contributed by atoms with Crippen LogP contribution in [0.2, 0.25) is 0 Å². The molecule has 0 aliphatic rings. The van der Waals surface area contributed by atoms with Gasteiger partial charge in [0, 0.05) is 6.04 Å². The molecule has 0 aromatic heterocycles. The molecular weight excluding hydrogens is 262 g/mol. The number of benzene rings is 1. The first kappa shape index (κ1) is 17.8. The van der Waals surface area contributed by atoms with E-state index in [0.717, 1.165) is 30.4 Å². The smallest absolute Gasteiger partial charge is 0.161 e. The van der Waals surface area contributed by atoms with Crippen molar-refractivity contribution in [3.8, 4) is 11.5 Å². The molecule has 1 aromatic carbocycles. The first-order chi connectivity index (χ1) is 10.2. The minimum atomic E-state index is 0.384. The van der Waals surface area contributed by atoms with E-state index in [0.29, 0.717) is 6.04 Å². The molecule has 1 N–H and O–H groups in total. The van der Waals surface area contributed by atoms with Gasteiger partial charge in [0.25, 0.3) is 0 Å². The molecule has 0 bridgehead atoms. The average molecular weight is 293 g/mol. The topological polar surface area (TPSA) is 30.5 Å². The van der Waals surface area contributed by atoms with Crippen molar-refractivity contribution in [1.29, 1.82) is 0 Å². The summed E-state index contributed by atoms with van der Waals surface area (Å²) in [5.41, 5.74) is 1.29. The zero-order valence-electron chi connectivity index (χ0n) is 14.2. The molecule has 120 valence electrons. The number of nitrogens with one attached hydrogen (secondary N) is 1. The number of rotatable bonds is 10. The highest BCUT2D eigenvalue weighted by Gasteiger charge is 2.17. The predicted molar refractivity (Wildman–Crippen MR) is 89.3 cm³/mol. The highest BCUT2D eigenvalue weighted by molar-refractivity contribution is 5.43. The third-order valence-electron chi connectivity index (χ3n) is 4.17. The Bertz CT molecular complexity index is 402. The van der Waals surface area contributed by atoms with Gasteiger partial charge in [-0.15, -0.1) is 0 Å². The van der Waals surface area contributed by atoms with Crippen LogP contribution in [0.4, 0.5) is 0 Å². The second-order valence-electron chi connectivity index (χ2n) is 5.54. The third-order valence-corrected chi connectivity index (χ3v) is 4.17. The van der Waals surface area contributed by atoms with E-state index < -0.39 is 0 Å². The van der Waals surface area contributed by atoms with Crippen LogP contribution in [0.1, 0.15) is 58.1 Å². The van der Waals surface area contributed by atoms with Crippen LogP contribution in [0.15, 0.2) is 18.2 Å². The molecule has 1 atom stereocenters. The minimum Gasteiger partial charge on any atom is -0.493 e. The molecule has 1 aromatic rings. The number of ether oxygens (including phenoxy) is 2.